The van der Waals surface area contributed by atoms with Crippen molar-refractivity contribution in [3.8, 4) is 0 Å². The van der Waals surface area contributed by atoms with Crippen LogP contribution in [-0.2, 0) is 0 Å². The Morgan fingerprint density at radius 2 is 2.55 bits per heavy atom. The van der Waals surface area contributed by atoms with E-state index in [-0.39, 0.29) is 11.6 Å². The van der Waals surface area contributed by atoms with Gasteiger partial charge < -0.3 is 15.2 Å². The Hall–Kier alpha value is -1.43. The van der Waals surface area contributed by atoms with E-state index in [1.54, 1.807) is 0 Å². The third-order valence-corrected chi connectivity index (χ3v) is 1.17. The van der Waals surface area contributed by atoms with E-state index in [1.807, 2.05) is 0 Å². The smallest absolute Gasteiger partial charge is 0.340 e. The van der Waals surface area contributed by atoms with E-state index < -0.39 is 11.0 Å². The van der Waals surface area contributed by atoms with E-state index in [0.717, 1.165) is 6.20 Å². The number of nitrogens with zero attached hydrogens (tertiary/aromatic N) is 2. The van der Waals surface area contributed by atoms with Crippen LogP contribution >= 0.6 is 0 Å². The summed E-state index contributed by atoms with van der Waals surface area (Å²) >= 11 is 0. The molecule has 1 unspecified atom stereocenters. The Bertz CT molecular complexity index is 268. The molecule has 0 aliphatic carbocycles. The summed E-state index contributed by atoms with van der Waals surface area (Å²) in [5, 5.41) is 19.0. The molecule has 1 atom stereocenters. The molecule has 6 heteroatoms. The first-order valence-corrected chi connectivity index (χ1v) is 2.98. The molecule has 11 heavy (non-hydrogen) atoms. The molecule has 0 amide bonds. The van der Waals surface area contributed by atoms with Crippen LogP contribution in [0.3, 0.4) is 0 Å². The standard InChI is InChI=1S/C5H7N3O3/c1-3(9)5-6-2-4(7-5)8(10)11/h2-3,9H,1H3,(H,6,7). The number of nitrogens with one attached hydrogen (secondary N) is 1. The fourth-order valence-corrected chi connectivity index (χ4v) is 0.632. The number of H-pyrrole nitrogens is 1. The lowest BCUT2D eigenvalue weighted by molar-refractivity contribution is -0.389. The highest BCUT2D eigenvalue weighted by Gasteiger charge is 2.13. The molecule has 0 spiro atoms. The van der Waals surface area contributed by atoms with Crippen molar-refractivity contribution in [2.24, 2.45) is 0 Å². The largest absolute Gasteiger partial charge is 0.383 e. The third kappa shape index (κ3) is 1.53. The number of imidazole rings is 1. The van der Waals surface area contributed by atoms with Crippen molar-refractivity contribution in [2.45, 2.75) is 13.0 Å². The van der Waals surface area contributed by atoms with E-state index >= 15 is 0 Å². The van der Waals surface area contributed by atoms with Crippen molar-refractivity contribution in [1.82, 2.24) is 9.97 Å². The van der Waals surface area contributed by atoms with Crippen LogP contribution in [0.15, 0.2) is 6.20 Å². The topological polar surface area (TPSA) is 92.1 Å². The molecule has 0 saturated heterocycles. The molecule has 1 rings (SSSR count). The van der Waals surface area contributed by atoms with Crippen molar-refractivity contribution in [3.05, 3.63) is 22.1 Å². The normalized spacial score (nSPS) is 12.9. The Kier molecular flexibility index (Phi) is 1.86. The van der Waals surface area contributed by atoms with Gasteiger partial charge in [0.2, 0.25) is 5.82 Å². The highest BCUT2D eigenvalue weighted by molar-refractivity contribution is 5.15. The van der Waals surface area contributed by atoms with Crippen LogP contribution in [0.5, 0.6) is 0 Å². The molecule has 6 nitrogen and oxygen atoms in total. The van der Waals surface area contributed by atoms with E-state index in [9.17, 15) is 10.1 Å². The number of hydrogen-bond acceptors (Lipinski definition) is 4. The Morgan fingerprint density at radius 1 is 1.91 bits per heavy atom. The van der Waals surface area contributed by atoms with Crippen molar-refractivity contribution < 1.29 is 10.0 Å². The summed E-state index contributed by atoms with van der Waals surface area (Å²) in [5.41, 5.74) is 0. The quantitative estimate of drug-likeness (QED) is 0.479. The lowest BCUT2D eigenvalue weighted by Gasteiger charge is -1.91. The fourth-order valence-electron chi connectivity index (χ4n) is 0.632. The minimum atomic E-state index is -0.802. The van der Waals surface area contributed by atoms with Crippen LogP contribution < -0.4 is 0 Å². The summed E-state index contributed by atoms with van der Waals surface area (Å²) in [6.45, 7) is 1.47. The fraction of sp³-hybridized carbons (Fsp3) is 0.400. The van der Waals surface area contributed by atoms with Gasteiger partial charge in [0.15, 0.2) is 0 Å². The summed E-state index contributed by atoms with van der Waals surface area (Å²) in [7, 11) is 0. The number of rotatable bonds is 2. The molecule has 1 heterocycles. The molecule has 0 fully saturated rings. The predicted octanol–water partition coefficient (Wildman–Crippen LogP) is 0.371. The van der Waals surface area contributed by atoms with E-state index in [2.05, 4.69) is 9.97 Å². The molecule has 0 aromatic carbocycles. The number of aliphatic hydroxyl groups is 1. The lowest BCUT2D eigenvalue weighted by atomic mass is 10.4. The number of hydrogen-bond donors (Lipinski definition) is 2. The maximum Gasteiger partial charge on any atom is 0.340 e. The van der Waals surface area contributed by atoms with Crippen molar-refractivity contribution in [3.63, 3.8) is 0 Å². The third-order valence-electron chi connectivity index (χ3n) is 1.17. The highest BCUT2D eigenvalue weighted by Crippen LogP contribution is 2.11. The zero-order valence-corrected chi connectivity index (χ0v) is 5.81. The molecule has 2 N–H and O–H groups in total. The minimum Gasteiger partial charge on any atom is -0.383 e. The van der Waals surface area contributed by atoms with Gasteiger partial charge in [0, 0.05) is 0 Å². The van der Waals surface area contributed by atoms with Crippen LogP contribution in [0.4, 0.5) is 5.82 Å². The predicted molar refractivity (Wildman–Crippen MR) is 35.9 cm³/mol. The monoisotopic (exact) mass is 157 g/mol. The molecule has 1 aromatic rings. The minimum absolute atomic E-state index is 0.205. The van der Waals surface area contributed by atoms with Gasteiger partial charge in [0.25, 0.3) is 0 Å². The second kappa shape index (κ2) is 2.67. The van der Waals surface area contributed by atoms with Crippen LogP contribution in [-0.4, -0.2) is 20.0 Å². The summed E-state index contributed by atoms with van der Waals surface area (Å²) in [6, 6.07) is 0. The summed E-state index contributed by atoms with van der Waals surface area (Å²) in [6.07, 6.45) is 0.269. The van der Waals surface area contributed by atoms with Gasteiger partial charge in [-0.05, 0) is 11.8 Å². The molecular weight excluding hydrogens is 150 g/mol. The number of aromatic amines is 1. The zero-order valence-electron chi connectivity index (χ0n) is 5.81. The van der Waals surface area contributed by atoms with Gasteiger partial charge in [-0.3, -0.25) is 0 Å². The van der Waals surface area contributed by atoms with Crippen molar-refractivity contribution in [1.29, 1.82) is 0 Å². The molecule has 0 aliphatic rings. The van der Waals surface area contributed by atoms with Crippen molar-refractivity contribution >= 4 is 5.82 Å². The summed E-state index contributed by atoms with van der Waals surface area (Å²) < 4.78 is 0. The average molecular weight is 157 g/mol. The van der Waals surface area contributed by atoms with Crippen LogP contribution in [0.25, 0.3) is 0 Å². The Labute approximate surface area is 62.0 Å². The van der Waals surface area contributed by atoms with Crippen molar-refractivity contribution in [2.75, 3.05) is 0 Å². The van der Waals surface area contributed by atoms with E-state index in [4.69, 9.17) is 5.11 Å². The average Bonchev–Trinajstić information content (AvgIpc) is 2.33. The number of aromatic nitrogens is 2. The molecule has 0 bridgehead atoms. The summed E-state index contributed by atoms with van der Waals surface area (Å²) in [4.78, 5) is 15.4. The molecule has 0 saturated carbocycles. The Morgan fingerprint density at radius 3 is 2.82 bits per heavy atom. The second-order valence-corrected chi connectivity index (χ2v) is 2.09. The molecule has 0 aliphatic heterocycles. The van der Waals surface area contributed by atoms with Crippen LogP contribution in [0, 0.1) is 10.1 Å². The first-order chi connectivity index (χ1) is 5.11. The molecule has 0 radical (unpaired) electrons. The van der Waals surface area contributed by atoms with Crippen LogP contribution in [0.2, 0.25) is 0 Å². The number of nitro groups is 1. The van der Waals surface area contributed by atoms with Gasteiger partial charge in [-0.25, -0.2) is 9.97 Å². The first kappa shape index (κ1) is 7.67. The molecule has 60 valence electrons. The van der Waals surface area contributed by atoms with Gasteiger partial charge in [-0.15, -0.1) is 0 Å². The van der Waals surface area contributed by atoms with Gasteiger partial charge >= 0.3 is 5.82 Å². The lowest BCUT2D eigenvalue weighted by Crippen LogP contribution is -1.94. The highest BCUT2D eigenvalue weighted by atomic mass is 16.6. The SMILES string of the molecule is CC(O)c1ncc([N+](=O)[O-])[nH]1. The number of aliphatic hydroxyl groups excluding tert-OH is 1. The molecule has 1 aromatic heterocycles. The zero-order chi connectivity index (χ0) is 8.43. The van der Waals surface area contributed by atoms with Gasteiger partial charge in [-0.2, -0.15) is 0 Å². The first-order valence-electron chi connectivity index (χ1n) is 2.98. The Balaban J connectivity index is 2.90. The summed E-state index contributed by atoms with van der Waals surface area (Å²) in [5.74, 6) is -0.00222. The maximum absolute atomic E-state index is 10.1. The van der Waals surface area contributed by atoms with E-state index in [1.165, 1.54) is 6.92 Å². The molecular formula is C5H7N3O3. The second-order valence-electron chi connectivity index (χ2n) is 2.09. The van der Waals surface area contributed by atoms with Gasteiger partial charge in [0.05, 0.1) is 0 Å². The maximum atomic E-state index is 10.1. The van der Waals surface area contributed by atoms with Gasteiger partial charge in [-0.1, -0.05) is 0 Å². The van der Waals surface area contributed by atoms with Gasteiger partial charge in [0.1, 0.15) is 12.3 Å². The van der Waals surface area contributed by atoms with Crippen LogP contribution in [0.1, 0.15) is 18.9 Å². The van der Waals surface area contributed by atoms with E-state index in [0.29, 0.717) is 0 Å².